The smallest absolute Gasteiger partial charge is 0.142 e. The topological polar surface area (TPSA) is 34.9 Å². The molecule has 1 aliphatic heterocycles. The number of imidazole rings is 1. The van der Waals surface area contributed by atoms with Crippen LogP contribution in [-0.4, -0.2) is 15.3 Å². The lowest BCUT2D eigenvalue weighted by Gasteiger charge is -2.22. The SMILES string of the molecule is O=C1CCn2cc(C3CCC3)nc2C1. The van der Waals surface area contributed by atoms with Crippen LogP contribution in [0.5, 0.6) is 0 Å². The third kappa shape index (κ3) is 1.19. The highest BCUT2D eigenvalue weighted by molar-refractivity contribution is 5.81. The molecule has 0 spiro atoms. The summed E-state index contributed by atoms with van der Waals surface area (Å²) >= 11 is 0. The number of aromatic nitrogens is 2. The molecule has 0 aromatic carbocycles. The highest BCUT2D eigenvalue weighted by atomic mass is 16.1. The van der Waals surface area contributed by atoms with Crippen LogP contribution in [0, 0.1) is 0 Å². The molecule has 0 saturated heterocycles. The molecule has 0 bridgehead atoms. The zero-order valence-electron chi connectivity index (χ0n) is 8.20. The molecule has 14 heavy (non-hydrogen) atoms. The van der Waals surface area contributed by atoms with Crippen molar-refractivity contribution in [1.29, 1.82) is 0 Å². The molecule has 0 radical (unpaired) electrons. The summed E-state index contributed by atoms with van der Waals surface area (Å²) in [6, 6.07) is 0. The second kappa shape index (κ2) is 2.94. The average Bonchev–Trinajstić information content (AvgIpc) is 2.43. The van der Waals surface area contributed by atoms with Crippen molar-refractivity contribution in [2.75, 3.05) is 0 Å². The molecule has 1 saturated carbocycles. The Balaban J connectivity index is 1.90. The summed E-state index contributed by atoms with van der Waals surface area (Å²) in [6.45, 7) is 0.841. The summed E-state index contributed by atoms with van der Waals surface area (Å²) in [6.07, 6.45) is 7.30. The number of Topliss-reactive ketones (excluding diaryl/α,β-unsaturated/α-hetero) is 1. The van der Waals surface area contributed by atoms with Gasteiger partial charge in [-0.25, -0.2) is 4.98 Å². The number of ketones is 1. The molecule has 2 aliphatic rings. The van der Waals surface area contributed by atoms with Crippen molar-refractivity contribution in [1.82, 2.24) is 9.55 Å². The number of carbonyl (C=O) groups is 1. The van der Waals surface area contributed by atoms with Gasteiger partial charge in [-0.05, 0) is 12.8 Å². The highest BCUT2D eigenvalue weighted by Gasteiger charge is 2.25. The quantitative estimate of drug-likeness (QED) is 0.675. The third-order valence-corrected chi connectivity index (χ3v) is 3.39. The van der Waals surface area contributed by atoms with E-state index in [1.807, 2.05) is 0 Å². The lowest BCUT2D eigenvalue weighted by Crippen LogP contribution is -2.18. The van der Waals surface area contributed by atoms with Gasteiger partial charge in [0.1, 0.15) is 11.6 Å². The summed E-state index contributed by atoms with van der Waals surface area (Å²) in [4.78, 5) is 15.8. The van der Waals surface area contributed by atoms with Gasteiger partial charge in [0.2, 0.25) is 0 Å². The summed E-state index contributed by atoms with van der Waals surface area (Å²) in [5.74, 6) is 2.01. The summed E-state index contributed by atoms with van der Waals surface area (Å²) in [5, 5.41) is 0. The first-order valence-corrected chi connectivity index (χ1v) is 5.40. The van der Waals surface area contributed by atoms with Crippen molar-refractivity contribution < 1.29 is 4.79 Å². The molecule has 74 valence electrons. The normalized spacial score (nSPS) is 21.9. The molecule has 1 aromatic rings. The van der Waals surface area contributed by atoms with Crippen molar-refractivity contribution >= 4 is 5.78 Å². The highest BCUT2D eigenvalue weighted by Crippen LogP contribution is 2.36. The molecule has 0 N–H and O–H groups in total. The molecule has 1 fully saturated rings. The van der Waals surface area contributed by atoms with Gasteiger partial charge in [0, 0.05) is 25.1 Å². The fourth-order valence-corrected chi connectivity index (χ4v) is 2.22. The van der Waals surface area contributed by atoms with Gasteiger partial charge in [-0.15, -0.1) is 0 Å². The van der Waals surface area contributed by atoms with Crippen molar-refractivity contribution in [3.63, 3.8) is 0 Å². The zero-order chi connectivity index (χ0) is 9.54. The van der Waals surface area contributed by atoms with Gasteiger partial charge in [-0.2, -0.15) is 0 Å². The molecular weight excluding hydrogens is 176 g/mol. The number of aryl methyl sites for hydroxylation is 1. The third-order valence-electron chi connectivity index (χ3n) is 3.39. The van der Waals surface area contributed by atoms with Gasteiger partial charge < -0.3 is 4.57 Å². The molecule has 0 unspecified atom stereocenters. The minimum Gasteiger partial charge on any atom is -0.334 e. The van der Waals surface area contributed by atoms with Crippen LogP contribution in [0.4, 0.5) is 0 Å². The maximum atomic E-state index is 11.2. The number of hydrogen-bond donors (Lipinski definition) is 0. The Hall–Kier alpha value is -1.12. The van der Waals surface area contributed by atoms with Crippen molar-refractivity contribution in [3.05, 3.63) is 17.7 Å². The van der Waals surface area contributed by atoms with E-state index in [9.17, 15) is 4.79 Å². The van der Waals surface area contributed by atoms with Crippen LogP contribution in [0.3, 0.4) is 0 Å². The number of hydrogen-bond acceptors (Lipinski definition) is 2. The first-order valence-electron chi connectivity index (χ1n) is 5.40. The Morgan fingerprint density at radius 1 is 1.43 bits per heavy atom. The van der Waals surface area contributed by atoms with E-state index in [-0.39, 0.29) is 0 Å². The van der Waals surface area contributed by atoms with Crippen LogP contribution >= 0.6 is 0 Å². The van der Waals surface area contributed by atoms with Gasteiger partial charge >= 0.3 is 0 Å². The monoisotopic (exact) mass is 190 g/mol. The molecule has 2 heterocycles. The molecule has 3 heteroatoms. The minimum atomic E-state index is 0.336. The molecule has 0 atom stereocenters. The van der Waals surface area contributed by atoms with E-state index in [0.717, 1.165) is 12.4 Å². The van der Waals surface area contributed by atoms with Crippen LogP contribution in [-0.2, 0) is 17.8 Å². The van der Waals surface area contributed by atoms with Gasteiger partial charge in [-0.3, -0.25) is 4.79 Å². The maximum Gasteiger partial charge on any atom is 0.142 e. The Labute approximate surface area is 83.1 Å². The minimum absolute atomic E-state index is 0.336. The molecule has 3 nitrogen and oxygen atoms in total. The van der Waals surface area contributed by atoms with Gasteiger partial charge in [-0.1, -0.05) is 6.42 Å². The van der Waals surface area contributed by atoms with Crippen LogP contribution in [0.25, 0.3) is 0 Å². The lowest BCUT2D eigenvalue weighted by molar-refractivity contribution is -0.119. The second-order valence-corrected chi connectivity index (χ2v) is 4.37. The predicted octanol–water partition coefficient (Wildman–Crippen LogP) is 1.67. The number of nitrogens with zero attached hydrogens (tertiary/aromatic N) is 2. The fraction of sp³-hybridized carbons (Fsp3) is 0.636. The van der Waals surface area contributed by atoms with Gasteiger partial charge in [0.25, 0.3) is 0 Å². The van der Waals surface area contributed by atoms with E-state index >= 15 is 0 Å². The van der Waals surface area contributed by atoms with Gasteiger partial charge in [0.05, 0.1) is 12.1 Å². The van der Waals surface area contributed by atoms with Crippen LogP contribution in [0.2, 0.25) is 0 Å². The van der Waals surface area contributed by atoms with Crippen molar-refractivity contribution in [2.24, 2.45) is 0 Å². The van der Waals surface area contributed by atoms with Crippen LogP contribution < -0.4 is 0 Å². The Morgan fingerprint density at radius 2 is 2.29 bits per heavy atom. The average molecular weight is 190 g/mol. The first-order chi connectivity index (χ1) is 6.83. The number of fused-ring (bicyclic) bond motifs is 1. The fourth-order valence-electron chi connectivity index (χ4n) is 2.22. The molecule has 0 amide bonds. The summed E-state index contributed by atoms with van der Waals surface area (Å²) in [7, 11) is 0. The first kappa shape index (κ1) is 8.21. The van der Waals surface area contributed by atoms with E-state index in [1.165, 1.54) is 25.0 Å². The van der Waals surface area contributed by atoms with E-state index in [1.54, 1.807) is 0 Å². The maximum absolute atomic E-state index is 11.2. The molecule has 1 aromatic heterocycles. The van der Waals surface area contributed by atoms with E-state index in [0.29, 0.717) is 24.5 Å². The molecular formula is C11H14N2O. The Kier molecular flexibility index (Phi) is 1.72. The van der Waals surface area contributed by atoms with Crippen molar-refractivity contribution in [3.8, 4) is 0 Å². The Morgan fingerprint density at radius 3 is 3.00 bits per heavy atom. The van der Waals surface area contributed by atoms with Gasteiger partial charge in [0.15, 0.2) is 0 Å². The van der Waals surface area contributed by atoms with E-state index in [4.69, 9.17) is 0 Å². The number of carbonyl (C=O) groups excluding carboxylic acids is 1. The molecule has 1 aliphatic carbocycles. The number of rotatable bonds is 1. The largest absolute Gasteiger partial charge is 0.334 e. The summed E-state index contributed by atoms with van der Waals surface area (Å²) in [5.41, 5.74) is 1.22. The van der Waals surface area contributed by atoms with E-state index in [2.05, 4.69) is 15.7 Å². The molecule has 3 rings (SSSR count). The zero-order valence-corrected chi connectivity index (χ0v) is 8.20. The predicted molar refractivity (Wildman–Crippen MR) is 52.1 cm³/mol. The van der Waals surface area contributed by atoms with Crippen molar-refractivity contribution in [2.45, 2.75) is 44.6 Å². The lowest BCUT2D eigenvalue weighted by atomic mass is 9.83. The summed E-state index contributed by atoms with van der Waals surface area (Å²) < 4.78 is 2.16. The van der Waals surface area contributed by atoms with Crippen LogP contribution in [0.1, 0.15) is 43.1 Å². The Bertz CT molecular complexity index is 377. The van der Waals surface area contributed by atoms with Crippen LogP contribution in [0.15, 0.2) is 6.20 Å². The standard InChI is InChI=1S/C11H14N2O/c14-9-4-5-13-7-10(8-2-1-3-8)12-11(13)6-9/h7-8H,1-6H2. The second-order valence-electron chi connectivity index (χ2n) is 4.37. The van der Waals surface area contributed by atoms with E-state index < -0.39 is 0 Å².